The summed E-state index contributed by atoms with van der Waals surface area (Å²) < 4.78 is 2.59. The summed E-state index contributed by atoms with van der Waals surface area (Å²) in [4.78, 5) is 2.42. The number of anilines is 3. The summed E-state index contributed by atoms with van der Waals surface area (Å²) in [6.45, 7) is 0. The molecule has 2 heteroatoms. The van der Waals surface area contributed by atoms with E-state index in [0.717, 1.165) is 11.4 Å². The molecule has 1 nitrogen and oxygen atoms in total. The maximum atomic E-state index is 2.42. The number of hydrogen-bond acceptors (Lipinski definition) is 2. The van der Waals surface area contributed by atoms with Gasteiger partial charge >= 0.3 is 0 Å². The molecule has 52 heavy (non-hydrogen) atoms. The molecule has 10 aromatic rings. The Balaban J connectivity index is 1.08. The molecule has 10 rings (SSSR count). The first-order valence-corrected chi connectivity index (χ1v) is 18.6. The molecule has 0 amide bonds. The molecule has 1 heterocycles. The number of fused-ring (bicyclic) bond motifs is 5. The molecule has 0 spiro atoms. The molecular formula is C50H33NS. The van der Waals surface area contributed by atoms with Gasteiger partial charge in [-0.15, -0.1) is 11.3 Å². The predicted molar refractivity (Wildman–Crippen MR) is 225 cm³/mol. The number of rotatable bonds is 6. The van der Waals surface area contributed by atoms with Gasteiger partial charge in [0.15, 0.2) is 0 Å². The van der Waals surface area contributed by atoms with Crippen LogP contribution in [0.25, 0.3) is 75.1 Å². The Morgan fingerprint density at radius 2 is 0.904 bits per heavy atom. The Morgan fingerprint density at radius 1 is 0.327 bits per heavy atom. The molecular weight excluding hydrogens is 647 g/mol. The molecule has 0 aliphatic carbocycles. The fourth-order valence-electron chi connectivity index (χ4n) is 7.63. The molecule has 0 saturated heterocycles. The Labute approximate surface area is 307 Å². The van der Waals surface area contributed by atoms with Crippen molar-refractivity contribution in [3.8, 4) is 33.4 Å². The minimum Gasteiger partial charge on any atom is -0.309 e. The molecule has 0 saturated carbocycles. The highest BCUT2D eigenvalue weighted by Crippen LogP contribution is 2.45. The van der Waals surface area contributed by atoms with E-state index in [1.165, 1.54) is 80.8 Å². The largest absolute Gasteiger partial charge is 0.309 e. The molecule has 0 aliphatic heterocycles. The number of benzene rings is 9. The van der Waals surface area contributed by atoms with Crippen molar-refractivity contribution in [3.63, 3.8) is 0 Å². The third kappa shape index (κ3) is 5.33. The molecule has 0 aliphatic rings. The van der Waals surface area contributed by atoms with Gasteiger partial charge in [0.1, 0.15) is 0 Å². The first-order valence-electron chi connectivity index (χ1n) is 17.8. The van der Waals surface area contributed by atoms with Crippen molar-refractivity contribution in [3.05, 3.63) is 200 Å². The maximum Gasteiger partial charge on any atom is 0.0640 e. The predicted octanol–water partition coefficient (Wildman–Crippen LogP) is 14.8. The zero-order valence-electron chi connectivity index (χ0n) is 28.4. The molecule has 1 aromatic heterocycles. The summed E-state index contributed by atoms with van der Waals surface area (Å²) in [6.07, 6.45) is 0. The molecule has 0 N–H and O–H groups in total. The van der Waals surface area contributed by atoms with E-state index in [0.29, 0.717) is 0 Å². The van der Waals surface area contributed by atoms with Crippen LogP contribution in [0.1, 0.15) is 0 Å². The van der Waals surface area contributed by atoms with Crippen molar-refractivity contribution in [2.45, 2.75) is 0 Å². The van der Waals surface area contributed by atoms with Gasteiger partial charge < -0.3 is 4.90 Å². The Bertz CT molecular complexity index is 2890. The van der Waals surface area contributed by atoms with E-state index in [2.05, 4.69) is 205 Å². The zero-order chi connectivity index (χ0) is 34.4. The number of thiophene rings is 1. The highest BCUT2D eigenvalue weighted by atomic mass is 32.1. The van der Waals surface area contributed by atoms with E-state index in [1.54, 1.807) is 0 Å². The quantitative estimate of drug-likeness (QED) is 0.169. The lowest BCUT2D eigenvalue weighted by Gasteiger charge is -2.26. The summed E-state index contributed by atoms with van der Waals surface area (Å²) in [5, 5.41) is 7.62. The van der Waals surface area contributed by atoms with Gasteiger partial charge in [0.05, 0.1) is 10.4 Å². The van der Waals surface area contributed by atoms with Crippen molar-refractivity contribution < 1.29 is 0 Å². The van der Waals surface area contributed by atoms with Gasteiger partial charge in [0.2, 0.25) is 0 Å². The second-order valence-electron chi connectivity index (χ2n) is 13.4. The van der Waals surface area contributed by atoms with Crippen LogP contribution in [-0.2, 0) is 0 Å². The average Bonchev–Trinajstić information content (AvgIpc) is 3.61. The maximum absolute atomic E-state index is 2.42. The standard InChI is InChI=1S/C50H33NS/c1-2-11-37(12-3-1)44-16-8-14-38-21-23-41(33-47(38)44)36-26-30-43(31-27-36)51(48-18-9-17-46-45-15-6-7-19-49(45)52-50(46)48)42-28-24-35(25-29-42)40-22-20-34-10-4-5-13-39(34)32-40/h1-33H. The highest BCUT2D eigenvalue weighted by Gasteiger charge is 2.18. The van der Waals surface area contributed by atoms with Crippen LogP contribution in [-0.4, -0.2) is 0 Å². The van der Waals surface area contributed by atoms with Gasteiger partial charge in [-0.05, 0) is 103 Å². The molecule has 9 aromatic carbocycles. The first kappa shape index (κ1) is 30.4. The first-order chi connectivity index (χ1) is 25.8. The van der Waals surface area contributed by atoms with Crippen LogP contribution in [0.3, 0.4) is 0 Å². The zero-order valence-corrected chi connectivity index (χ0v) is 29.2. The van der Waals surface area contributed by atoms with E-state index in [4.69, 9.17) is 0 Å². The van der Waals surface area contributed by atoms with Crippen LogP contribution in [0.2, 0.25) is 0 Å². The lowest BCUT2D eigenvalue weighted by molar-refractivity contribution is 1.30. The Morgan fingerprint density at radius 3 is 1.67 bits per heavy atom. The van der Waals surface area contributed by atoms with Crippen LogP contribution >= 0.6 is 11.3 Å². The normalized spacial score (nSPS) is 11.5. The number of hydrogen-bond donors (Lipinski definition) is 0. The molecule has 244 valence electrons. The van der Waals surface area contributed by atoms with Crippen LogP contribution in [0, 0.1) is 0 Å². The number of nitrogens with zero attached hydrogens (tertiary/aromatic N) is 1. The molecule has 0 radical (unpaired) electrons. The van der Waals surface area contributed by atoms with Gasteiger partial charge in [-0.25, -0.2) is 0 Å². The van der Waals surface area contributed by atoms with Crippen molar-refractivity contribution in [2.75, 3.05) is 4.90 Å². The minimum atomic E-state index is 1.12. The second-order valence-corrected chi connectivity index (χ2v) is 14.4. The average molecular weight is 680 g/mol. The van der Waals surface area contributed by atoms with Gasteiger partial charge in [0.25, 0.3) is 0 Å². The van der Waals surface area contributed by atoms with Gasteiger partial charge in [-0.3, -0.25) is 0 Å². The lowest BCUT2D eigenvalue weighted by Crippen LogP contribution is -2.10. The molecule has 0 fully saturated rings. The summed E-state index contributed by atoms with van der Waals surface area (Å²) >= 11 is 1.87. The van der Waals surface area contributed by atoms with Crippen molar-refractivity contribution in [1.29, 1.82) is 0 Å². The fourth-order valence-corrected chi connectivity index (χ4v) is 8.84. The van der Waals surface area contributed by atoms with Crippen LogP contribution in [0.4, 0.5) is 17.1 Å². The summed E-state index contributed by atoms with van der Waals surface area (Å²) in [7, 11) is 0. The van der Waals surface area contributed by atoms with Crippen molar-refractivity contribution in [1.82, 2.24) is 0 Å². The molecule has 0 unspecified atom stereocenters. The minimum absolute atomic E-state index is 1.12. The van der Waals surface area contributed by atoms with Crippen molar-refractivity contribution >= 4 is 70.1 Å². The summed E-state index contributed by atoms with van der Waals surface area (Å²) in [5.74, 6) is 0. The second kappa shape index (κ2) is 12.7. The van der Waals surface area contributed by atoms with Gasteiger partial charge in [0, 0.05) is 26.8 Å². The van der Waals surface area contributed by atoms with Gasteiger partial charge in [-0.2, -0.15) is 0 Å². The SMILES string of the molecule is c1ccc(-c2cccc3ccc(-c4ccc(N(c5ccc(-c6ccc7ccccc7c6)cc5)c5cccc6c5sc5ccccc56)cc4)cc23)cc1. The van der Waals surface area contributed by atoms with E-state index >= 15 is 0 Å². The van der Waals surface area contributed by atoms with Crippen LogP contribution in [0.5, 0.6) is 0 Å². The van der Waals surface area contributed by atoms with Crippen molar-refractivity contribution in [2.24, 2.45) is 0 Å². The van der Waals surface area contributed by atoms with E-state index in [9.17, 15) is 0 Å². The Kier molecular flexibility index (Phi) is 7.41. The monoisotopic (exact) mass is 679 g/mol. The van der Waals surface area contributed by atoms with Crippen LogP contribution < -0.4 is 4.90 Å². The summed E-state index contributed by atoms with van der Waals surface area (Å²) in [6, 6.07) is 72.9. The van der Waals surface area contributed by atoms with E-state index in [1.807, 2.05) is 11.3 Å². The third-order valence-electron chi connectivity index (χ3n) is 10.3. The third-order valence-corrected chi connectivity index (χ3v) is 11.5. The topological polar surface area (TPSA) is 3.24 Å². The molecule has 0 bridgehead atoms. The highest BCUT2D eigenvalue weighted by molar-refractivity contribution is 7.26. The van der Waals surface area contributed by atoms with E-state index in [-0.39, 0.29) is 0 Å². The summed E-state index contributed by atoms with van der Waals surface area (Å²) in [5.41, 5.74) is 10.8. The lowest BCUT2D eigenvalue weighted by atomic mass is 9.95. The fraction of sp³-hybridized carbons (Fsp3) is 0. The Hall–Kier alpha value is -6.48. The van der Waals surface area contributed by atoms with E-state index < -0.39 is 0 Å². The van der Waals surface area contributed by atoms with Gasteiger partial charge in [-0.1, -0.05) is 152 Å². The van der Waals surface area contributed by atoms with Crippen LogP contribution in [0.15, 0.2) is 200 Å². The smallest absolute Gasteiger partial charge is 0.0640 e. The molecule has 0 atom stereocenters.